The van der Waals surface area contributed by atoms with Crippen molar-refractivity contribution in [3.63, 3.8) is 0 Å². The first kappa shape index (κ1) is 20.4. The molecule has 0 aliphatic carbocycles. The van der Waals surface area contributed by atoms with E-state index in [1.807, 2.05) is 33.0 Å². The highest BCUT2D eigenvalue weighted by atomic mass is 32.3. The number of carbonyl (C=O) groups excluding carboxylic acids is 1. The Balaban J connectivity index is 0. The molecular weight excluding hydrogens is 272 g/mol. The molecule has 0 aromatic rings. The van der Waals surface area contributed by atoms with Crippen molar-refractivity contribution in [3.8, 4) is 0 Å². The van der Waals surface area contributed by atoms with Gasteiger partial charge in [-0.25, -0.2) is 4.18 Å². The summed E-state index contributed by atoms with van der Waals surface area (Å²) in [5.74, 6) is -0.402. The first-order valence-electron chi connectivity index (χ1n) is 5.68. The standard InChI is InChI=1S/C8H15NO5S.C3H9N/c1-4-5-9(8(10)7(2)3)6-14-15(11,12)13;1-4(2)3/h2,4-6H2,1,3H3,(H,11,12,13);1-3H3. The second kappa shape index (κ2) is 9.90. The zero-order valence-corrected chi connectivity index (χ0v) is 13.0. The Bertz CT molecular complexity index is 376. The maximum absolute atomic E-state index is 11.4. The molecular formula is C11H24N2O5S. The lowest BCUT2D eigenvalue weighted by molar-refractivity contribution is -0.129. The van der Waals surface area contributed by atoms with Crippen LogP contribution in [0.4, 0.5) is 0 Å². The van der Waals surface area contributed by atoms with E-state index in [9.17, 15) is 13.2 Å². The van der Waals surface area contributed by atoms with Crippen molar-refractivity contribution in [2.75, 3.05) is 34.4 Å². The van der Waals surface area contributed by atoms with Crippen LogP contribution >= 0.6 is 0 Å². The Labute approximate surface area is 115 Å². The van der Waals surface area contributed by atoms with Gasteiger partial charge in [0.25, 0.3) is 5.91 Å². The van der Waals surface area contributed by atoms with Gasteiger partial charge in [0.2, 0.25) is 0 Å². The number of rotatable bonds is 6. The summed E-state index contributed by atoms with van der Waals surface area (Å²) >= 11 is 0. The summed E-state index contributed by atoms with van der Waals surface area (Å²) < 4.78 is 33.1. The molecule has 0 aromatic heterocycles. The topological polar surface area (TPSA) is 87.1 Å². The highest BCUT2D eigenvalue weighted by Crippen LogP contribution is 2.02. The first-order valence-corrected chi connectivity index (χ1v) is 7.05. The molecule has 0 saturated carbocycles. The smallest absolute Gasteiger partial charge is 0.314 e. The number of hydrogen-bond donors (Lipinski definition) is 1. The van der Waals surface area contributed by atoms with Gasteiger partial charge < -0.3 is 9.80 Å². The van der Waals surface area contributed by atoms with Crippen molar-refractivity contribution in [1.82, 2.24) is 9.80 Å². The molecule has 0 heterocycles. The van der Waals surface area contributed by atoms with Gasteiger partial charge in [0.15, 0.2) is 0 Å². The minimum absolute atomic E-state index is 0.280. The van der Waals surface area contributed by atoms with Crippen LogP contribution in [0.5, 0.6) is 0 Å². The molecule has 0 aliphatic heterocycles. The molecule has 19 heavy (non-hydrogen) atoms. The lowest BCUT2D eigenvalue weighted by atomic mass is 10.3. The molecule has 0 saturated heterocycles. The van der Waals surface area contributed by atoms with Gasteiger partial charge in [-0.2, -0.15) is 8.42 Å². The van der Waals surface area contributed by atoms with Gasteiger partial charge in [-0.05, 0) is 34.5 Å². The van der Waals surface area contributed by atoms with Gasteiger partial charge in [-0.3, -0.25) is 9.35 Å². The van der Waals surface area contributed by atoms with Crippen LogP contribution in [-0.4, -0.2) is 63.1 Å². The monoisotopic (exact) mass is 296 g/mol. The lowest BCUT2D eigenvalue weighted by Gasteiger charge is -2.20. The third-order valence-electron chi connectivity index (χ3n) is 1.50. The fraction of sp³-hybridized carbons (Fsp3) is 0.727. The summed E-state index contributed by atoms with van der Waals surface area (Å²) in [4.78, 5) is 14.6. The number of carbonyl (C=O) groups is 1. The van der Waals surface area contributed by atoms with Crippen molar-refractivity contribution >= 4 is 16.3 Å². The molecule has 0 atom stereocenters. The Kier molecular flexibility index (Phi) is 10.6. The SMILES string of the molecule is C=C(C)C(=O)N(CCC)COS(=O)(=O)O.CN(C)C. The number of amides is 1. The molecule has 0 fully saturated rings. The second-order valence-corrected chi connectivity index (χ2v) is 5.46. The van der Waals surface area contributed by atoms with Crippen molar-refractivity contribution in [1.29, 1.82) is 0 Å². The molecule has 0 aliphatic rings. The molecule has 0 bridgehead atoms. The lowest BCUT2D eigenvalue weighted by Crippen LogP contribution is -2.35. The summed E-state index contributed by atoms with van der Waals surface area (Å²) in [6.07, 6.45) is 0.647. The van der Waals surface area contributed by atoms with E-state index in [0.717, 1.165) is 4.90 Å². The van der Waals surface area contributed by atoms with Gasteiger partial charge in [0, 0.05) is 12.1 Å². The average molecular weight is 296 g/mol. The third-order valence-corrected chi connectivity index (χ3v) is 1.91. The quantitative estimate of drug-likeness (QED) is 0.442. The Morgan fingerprint density at radius 3 is 2.00 bits per heavy atom. The summed E-state index contributed by atoms with van der Waals surface area (Å²) in [6.45, 7) is 6.61. The van der Waals surface area contributed by atoms with E-state index in [1.54, 1.807) is 0 Å². The molecule has 0 radical (unpaired) electrons. The maximum atomic E-state index is 11.4. The molecule has 0 aromatic carbocycles. The van der Waals surface area contributed by atoms with Crippen molar-refractivity contribution in [2.24, 2.45) is 0 Å². The Morgan fingerprint density at radius 2 is 1.74 bits per heavy atom. The van der Waals surface area contributed by atoms with Gasteiger partial charge in [0.1, 0.15) is 6.73 Å². The van der Waals surface area contributed by atoms with Gasteiger partial charge in [-0.1, -0.05) is 13.5 Å². The van der Waals surface area contributed by atoms with Crippen LogP contribution in [0, 0.1) is 0 Å². The van der Waals surface area contributed by atoms with E-state index in [0.29, 0.717) is 13.0 Å². The van der Waals surface area contributed by atoms with Crippen LogP contribution in [0.1, 0.15) is 20.3 Å². The molecule has 7 nitrogen and oxygen atoms in total. The molecule has 1 amide bonds. The Morgan fingerprint density at radius 1 is 1.32 bits per heavy atom. The average Bonchev–Trinajstić information content (AvgIpc) is 2.21. The first-order chi connectivity index (χ1) is 8.51. The van der Waals surface area contributed by atoms with Crippen LogP contribution in [-0.2, 0) is 19.4 Å². The molecule has 114 valence electrons. The van der Waals surface area contributed by atoms with E-state index < -0.39 is 23.0 Å². The normalized spacial score (nSPS) is 10.7. The fourth-order valence-electron chi connectivity index (χ4n) is 0.895. The van der Waals surface area contributed by atoms with E-state index >= 15 is 0 Å². The summed E-state index contributed by atoms with van der Waals surface area (Å²) in [6, 6.07) is 0. The van der Waals surface area contributed by atoms with Gasteiger partial charge in [-0.15, -0.1) is 0 Å². The highest BCUT2D eigenvalue weighted by molar-refractivity contribution is 7.80. The maximum Gasteiger partial charge on any atom is 0.399 e. The van der Waals surface area contributed by atoms with E-state index in [2.05, 4.69) is 10.8 Å². The van der Waals surface area contributed by atoms with Crippen LogP contribution in [0.25, 0.3) is 0 Å². The zero-order valence-electron chi connectivity index (χ0n) is 12.2. The number of nitrogens with zero attached hydrogens (tertiary/aromatic N) is 2. The minimum atomic E-state index is -4.52. The minimum Gasteiger partial charge on any atom is -0.314 e. The molecule has 0 rings (SSSR count). The van der Waals surface area contributed by atoms with Gasteiger partial charge >= 0.3 is 10.4 Å². The zero-order chi connectivity index (χ0) is 15.6. The predicted octanol–water partition coefficient (Wildman–Crippen LogP) is 0.756. The second-order valence-electron chi connectivity index (χ2n) is 4.37. The largest absolute Gasteiger partial charge is 0.399 e. The van der Waals surface area contributed by atoms with E-state index in [-0.39, 0.29) is 5.57 Å². The predicted molar refractivity (Wildman–Crippen MR) is 73.9 cm³/mol. The molecule has 0 spiro atoms. The van der Waals surface area contributed by atoms with E-state index in [4.69, 9.17) is 4.55 Å². The summed E-state index contributed by atoms with van der Waals surface area (Å²) in [5.41, 5.74) is 0.280. The Hall–Kier alpha value is -0.960. The fourth-order valence-corrected chi connectivity index (χ4v) is 1.16. The summed E-state index contributed by atoms with van der Waals surface area (Å²) in [5, 5.41) is 0. The van der Waals surface area contributed by atoms with Crippen LogP contribution in [0.2, 0.25) is 0 Å². The van der Waals surface area contributed by atoms with Crippen LogP contribution in [0.3, 0.4) is 0 Å². The summed E-state index contributed by atoms with van der Waals surface area (Å²) in [7, 11) is 1.48. The van der Waals surface area contributed by atoms with Crippen LogP contribution < -0.4 is 0 Å². The molecule has 8 heteroatoms. The van der Waals surface area contributed by atoms with Crippen molar-refractivity contribution < 1.29 is 21.9 Å². The molecule has 0 unspecified atom stereocenters. The van der Waals surface area contributed by atoms with Gasteiger partial charge in [0.05, 0.1) is 0 Å². The van der Waals surface area contributed by atoms with Crippen molar-refractivity contribution in [3.05, 3.63) is 12.2 Å². The highest BCUT2D eigenvalue weighted by Gasteiger charge is 2.16. The van der Waals surface area contributed by atoms with Crippen molar-refractivity contribution in [2.45, 2.75) is 20.3 Å². The van der Waals surface area contributed by atoms with E-state index in [1.165, 1.54) is 6.92 Å². The number of hydrogen-bond acceptors (Lipinski definition) is 5. The third kappa shape index (κ3) is 15.0. The van der Waals surface area contributed by atoms with Crippen LogP contribution in [0.15, 0.2) is 12.2 Å². The molecule has 1 N–H and O–H groups in total.